The fraction of sp³-hybridized carbons (Fsp3) is 0.235. The summed E-state index contributed by atoms with van der Waals surface area (Å²) in [7, 11) is 0. The van der Waals surface area contributed by atoms with Crippen molar-refractivity contribution < 1.29 is 0 Å². The zero-order valence-electron chi connectivity index (χ0n) is 13.3. The molecule has 124 valence electrons. The summed E-state index contributed by atoms with van der Waals surface area (Å²) in [5, 5.41) is 13.8. The van der Waals surface area contributed by atoms with E-state index in [2.05, 4.69) is 25.5 Å². The van der Waals surface area contributed by atoms with Gasteiger partial charge in [0.15, 0.2) is 0 Å². The zero-order valence-corrected chi connectivity index (χ0v) is 14.9. The second-order valence-corrected chi connectivity index (χ2v) is 7.94. The lowest BCUT2D eigenvalue weighted by atomic mass is 9.98. The molecule has 1 aromatic carbocycles. The molecule has 5 rings (SSSR count). The first-order valence-electron chi connectivity index (χ1n) is 8.17. The molecule has 1 aliphatic carbocycles. The summed E-state index contributed by atoms with van der Waals surface area (Å²) in [6, 6.07) is 9.90. The minimum atomic E-state index is 0.706. The number of thiophene rings is 1. The molecule has 0 unspecified atom stereocenters. The number of hydrogen-bond acceptors (Lipinski definition) is 7. The highest BCUT2D eigenvalue weighted by molar-refractivity contribution is 7.99. The van der Waals surface area contributed by atoms with Crippen molar-refractivity contribution in [3.05, 3.63) is 47.1 Å². The van der Waals surface area contributed by atoms with Crippen molar-refractivity contribution in [2.45, 2.75) is 35.9 Å². The van der Waals surface area contributed by atoms with E-state index in [4.69, 9.17) is 0 Å². The smallest absolute Gasteiger partial charge is 0.220 e. The Bertz CT molecular complexity index is 1040. The molecule has 0 spiro atoms. The standard InChI is InChI=1S/C17H14N6S2/c1-2-6-11(7-3-1)23-17(20-21-22-23)25-16-15-14(18-10-19-16)12-8-4-5-9-13(12)24-15/h1-3,6-7,10H,4-5,8-9H2. The number of nitrogens with zero attached hydrogens (tertiary/aromatic N) is 6. The molecule has 0 N–H and O–H groups in total. The van der Waals surface area contributed by atoms with Gasteiger partial charge in [-0.2, -0.15) is 4.68 Å². The monoisotopic (exact) mass is 366 g/mol. The second-order valence-electron chi connectivity index (χ2n) is 5.88. The number of hydrogen-bond donors (Lipinski definition) is 0. The van der Waals surface area contributed by atoms with Crippen molar-refractivity contribution in [2.75, 3.05) is 0 Å². The van der Waals surface area contributed by atoms with Gasteiger partial charge >= 0.3 is 0 Å². The maximum absolute atomic E-state index is 4.55. The quantitative estimate of drug-likeness (QED) is 0.515. The summed E-state index contributed by atoms with van der Waals surface area (Å²) in [5.74, 6) is 0. The Kier molecular flexibility index (Phi) is 3.71. The van der Waals surface area contributed by atoms with Crippen LogP contribution in [0.4, 0.5) is 0 Å². The Morgan fingerprint density at radius 3 is 2.84 bits per heavy atom. The molecule has 4 aromatic rings. The number of aryl methyl sites for hydroxylation is 2. The number of para-hydroxylation sites is 1. The Labute approximate surface area is 152 Å². The van der Waals surface area contributed by atoms with Gasteiger partial charge in [-0.15, -0.1) is 16.4 Å². The van der Waals surface area contributed by atoms with Crippen molar-refractivity contribution in [1.82, 2.24) is 30.2 Å². The van der Waals surface area contributed by atoms with Crippen molar-refractivity contribution in [3.63, 3.8) is 0 Å². The summed E-state index contributed by atoms with van der Waals surface area (Å²) in [6.45, 7) is 0. The third kappa shape index (κ3) is 2.61. The molecule has 0 fully saturated rings. The molecule has 3 aromatic heterocycles. The highest BCUT2D eigenvalue weighted by Crippen LogP contribution is 2.40. The molecule has 1 aliphatic rings. The van der Waals surface area contributed by atoms with Crippen LogP contribution in [0.5, 0.6) is 0 Å². The molecule has 8 heteroatoms. The van der Waals surface area contributed by atoms with Crippen LogP contribution in [-0.4, -0.2) is 30.2 Å². The van der Waals surface area contributed by atoms with Crippen LogP contribution >= 0.6 is 23.1 Å². The fourth-order valence-corrected chi connectivity index (χ4v) is 5.41. The molecule has 0 bridgehead atoms. The van der Waals surface area contributed by atoms with Gasteiger partial charge in [0.2, 0.25) is 5.16 Å². The van der Waals surface area contributed by atoms with Gasteiger partial charge in [0.1, 0.15) is 11.4 Å². The fourth-order valence-electron chi connectivity index (χ4n) is 3.16. The van der Waals surface area contributed by atoms with Gasteiger partial charge in [-0.1, -0.05) is 18.2 Å². The first-order valence-corrected chi connectivity index (χ1v) is 9.80. The average Bonchev–Trinajstić information content (AvgIpc) is 3.27. The summed E-state index contributed by atoms with van der Waals surface area (Å²) >= 11 is 3.32. The van der Waals surface area contributed by atoms with Crippen molar-refractivity contribution in [1.29, 1.82) is 0 Å². The minimum Gasteiger partial charge on any atom is -0.235 e. The van der Waals surface area contributed by atoms with E-state index in [0.717, 1.165) is 33.8 Å². The highest BCUT2D eigenvalue weighted by atomic mass is 32.2. The van der Waals surface area contributed by atoms with Crippen LogP contribution in [0.3, 0.4) is 0 Å². The van der Waals surface area contributed by atoms with E-state index in [1.54, 1.807) is 11.0 Å². The third-order valence-corrected chi connectivity index (χ3v) is 6.69. The summed E-state index contributed by atoms with van der Waals surface area (Å²) in [5.41, 5.74) is 3.46. The lowest BCUT2D eigenvalue weighted by molar-refractivity contribution is 0.699. The molecular weight excluding hydrogens is 352 g/mol. The van der Waals surface area contributed by atoms with Gasteiger partial charge in [0, 0.05) is 4.88 Å². The van der Waals surface area contributed by atoms with Crippen LogP contribution in [0, 0.1) is 0 Å². The van der Waals surface area contributed by atoms with Crippen molar-refractivity contribution in [3.8, 4) is 5.69 Å². The molecule has 0 radical (unpaired) electrons. The molecule has 0 atom stereocenters. The Morgan fingerprint density at radius 1 is 1.04 bits per heavy atom. The third-order valence-electron chi connectivity index (χ3n) is 4.33. The van der Waals surface area contributed by atoms with Gasteiger partial charge in [0.05, 0.1) is 15.9 Å². The van der Waals surface area contributed by atoms with Crippen LogP contribution in [0.1, 0.15) is 23.3 Å². The van der Waals surface area contributed by atoms with Gasteiger partial charge < -0.3 is 0 Å². The summed E-state index contributed by atoms with van der Waals surface area (Å²) < 4.78 is 2.90. The predicted molar refractivity (Wildman–Crippen MR) is 97.3 cm³/mol. The molecule has 25 heavy (non-hydrogen) atoms. The SMILES string of the molecule is c1ccc(-n2nnnc2Sc2ncnc3c4c(sc23)CCCC4)cc1. The van der Waals surface area contributed by atoms with E-state index in [1.807, 2.05) is 41.7 Å². The summed E-state index contributed by atoms with van der Waals surface area (Å²) in [6.07, 6.45) is 6.45. The molecule has 0 aliphatic heterocycles. The van der Waals surface area contributed by atoms with Gasteiger partial charge in [-0.05, 0) is 65.6 Å². The first kappa shape index (κ1) is 15.0. The second kappa shape index (κ2) is 6.20. The number of aromatic nitrogens is 6. The molecule has 0 amide bonds. The zero-order chi connectivity index (χ0) is 16.6. The van der Waals surface area contributed by atoms with Crippen LogP contribution in [0.15, 0.2) is 46.8 Å². The van der Waals surface area contributed by atoms with E-state index in [1.165, 1.54) is 35.0 Å². The van der Waals surface area contributed by atoms with Crippen LogP contribution < -0.4 is 0 Å². The van der Waals surface area contributed by atoms with Gasteiger partial charge in [0.25, 0.3) is 0 Å². The van der Waals surface area contributed by atoms with Crippen LogP contribution in [0.25, 0.3) is 15.9 Å². The van der Waals surface area contributed by atoms with Crippen LogP contribution in [0.2, 0.25) is 0 Å². The van der Waals surface area contributed by atoms with Crippen molar-refractivity contribution in [2.24, 2.45) is 0 Å². The van der Waals surface area contributed by atoms with Gasteiger partial charge in [-0.3, -0.25) is 0 Å². The molecule has 0 saturated carbocycles. The van der Waals surface area contributed by atoms with E-state index in [0.29, 0.717) is 5.16 Å². The number of fused-ring (bicyclic) bond motifs is 3. The molecule has 3 heterocycles. The average molecular weight is 366 g/mol. The predicted octanol–water partition coefficient (Wildman–Crippen LogP) is 3.70. The Hall–Kier alpha value is -2.32. The van der Waals surface area contributed by atoms with Gasteiger partial charge in [-0.25, -0.2) is 9.97 Å². The first-order chi connectivity index (χ1) is 12.4. The maximum atomic E-state index is 4.55. The Morgan fingerprint density at radius 2 is 1.92 bits per heavy atom. The Balaban J connectivity index is 1.58. The highest BCUT2D eigenvalue weighted by Gasteiger charge is 2.21. The molecule has 6 nitrogen and oxygen atoms in total. The number of benzene rings is 1. The van der Waals surface area contributed by atoms with Crippen molar-refractivity contribution >= 4 is 33.3 Å². The lowest BCUT2D eigenvalue weighted by Gasteiger charge is -2.09. The number of tetrazole rings is 1. The number of rotatable bonds is 3. The van der Waals surface area contributed by atoms with E-state index in [-0.39, 0.29) is 0 Å². The normalized spacial score (nSPS) is 13.9. The topological polar surface area (TPSA) is 69.4 Å². The molecule has 0 saturated heterocycles. The van der Waals surface area contributed by atoms with E-state index < -0.39 is 0 Å². The lowest BCUT2D eigenvalue weighted by Crippen LogP contribution is -1.99. The molecular formula is C17H14N6S2. The van der Waals surface area contributed by atoms with E-state index >= 15 is 0 Å². The largest absolute Gasteiger partial charge is 0.235 e. The van der Waals surface area contributed by atoms with E-state index in [9.17, 15) is 0 Å². The summed E-state index contributed by atoms with van der Waals surface area (Å²) in [4.78, 5) is 10.5. The minimum absolute atomic E-state index is 0.706. The van der Waals surface area contributed by atoms with Crippen LogP contribution in [-0.2, 0) is 12.8 Å². The maximum Gasteiger partial charge on any atom is 0.220 e.